The largest absolute Gasteiger partial charge is 0.352 e. The van der Waals surface area contributed by atoms with Gasteiger partial charge in [-0.1, -0.05) is 6.92 Å². The molecule has 0 aromatic carbocycles. The Morgan fingerprint density at radius 2 is 2.08 bits per heavy atom. The van der Waals surface area contributed by atoms with E-state index in [1.54, 1.807) is 0 Å². The predicted molar refractivity (Wildman–Crippen MR) is 111 cm³/mol. The number of rotatable bonds is 4. The standard InChI is InChI=1S/C17H31N7.HI/c1-12(2)23-10-13(3)14(11-23)20-17(18-4)19-9-16-22-21-15-7-5-6-8-24(15)16;/h12-14H,5-11H2,1-4H3,(H2,18,19,20);1H. The second-order valence-corrected chi connectivity index (χ2v) is 7.34. The van der Waals surface area contributed by atoms with E-state index in [4.69, 9.17) is 0 Å². The fourth-order valence-electron chi connectivity index (χ4n) is 3.65. The van der Waals surface area contributed by atoms with Crippen LogP contribution in [0.4, 0.5) is 0 Å². The molecule has 25 heavy (non-hydrogen) atoms. The molecule has 2 aliphatic heterocycles. The van der Waals surface area contributed by atoms with Gasteiger partial charge in [-0.25, -0.2) is 0 Å². The van der Waals surface area contributed by atoms with Crippen LogP contribution >= 0.6 is 24.0 Å². The zero-order valence-electron chi connectivity index (χ0n) is 15.8. The maximum Gasteiger partial charge on any atom is 0.191 e. The Kier molecular flexibility index (Phi) is 7.48. The zero-order chi connectivity index (χ0) is 17.1. The summed E-state index contributed by atoms with van der Waals surface area (Å²) in [6.07, 6.45) is 3.49. The zero-order valence-corrected chi connectivity index (χ0v) is 18.2. The van der Waals surface area contributed by atoms with Gasteiger partial charge in [-0.05, 0) is 32.6 Å². The molecule has 2 unspecified atom stereocenters. The molecule has 0 spiro atoms. The Morgan fingerprint density at radius 3 is 2.76 bits per heavy atom. The first-order chi connectivity index (χ1) is 11.6. The Bertz CT molecular complexity index is 584. The van der Waals surface area contributed by atoms with Crippen LogP contribution in [0, 0.1) is 5.92 Å². The van der Waals surface area contributed by atoms with E-state index < -0.39 is 0 Å². The molecule has 142 valence electrons. The van der Waals surface area contributed by atoms with Crippen LogP contribution in [0.2, 0.25) is 0 Å². The van der Waals surface area contributed by atoms with Gasteiger partial charge in [0.1, 0.15) is 5.82 Å². The molecule has 0 bridgehead atoms. The van der Waals surface area contributed by atoms with Crippen molar-refractivity contribution in [3.63, 3.8) is 0 Å². The maximum atomic E-state index is 4.39. The van der Waals surface area contributed by atoms with Crippen LogP contribution in [0.3, 0.4) is 0 Å². The molecule has 8 heteroatoms. The van der Waals surface area contributed by atoms with Crippen LogP contribution in [0.5, 0.6) is 0 Å². The number of aliphatic imine (C=N–C) groups is 1. The van der Waals surface area contributed by atoms with Crippen molar-refractivity contribution < 1.29 is 0 Å². The number of likely N-dealkylation sites (tertiary alicyclic amines) is 1. The van der Waals surface area contributed by atoms with Crippen molar-refractivity contribution in [2.75, 3.05) is 20.1 Å². The van der Waals surface area contributed by atoms with Gasteiger partial charge in [-0.2, -0.15) is 0 Å². The number of fused-ring (bicyclic) bond motifs is 1. The summed E-state index contributed by atoms with van der Waals surface area (Å²) in [6, 6.07) is 1.03. The molecule has 7 nitrogen and oxygen atoms in total. The molecule has 2 aliphatic rings. The Balaban J connectivity index is 0.00000225. The SMILES string of the molecule is CN=C(NCc1nnc2n1CCCC2)NC1CN(C(C)C)CC1C.I. The summed E-state index contributed by atoms with van der Waals surface area (Å²) >= 11 is 0. The third-order valence-corrected chi connectivity index (χ3v) is 5.27. The van der Waals surface area contributed by atoms with Gasteiger partial charge < -0.3 is 15.2 Å². The summed E-state index contributed by atoms with van der Waals surface area (Å²) in [4.78, 5) is 6.90. The van der Waals surface area contributed by atoms with E-state index >= 15 is 0 Å². The lowest BCUT2D eigenvalue weighted by Gasteiger charge is -2.22. The minimum atomic E-state index is 0. The highest BCUT2D eigenvalue weighted by Crippen LogP contribution is 2.18. The van der Waals surface area contributed by atoms with Crippen molar-refractivity contribution >= 4 is 29.9 Å². The Labute approximate surface area is 168 Å². The average molecular weight is 461 g/mol. The molecule has 2 atom stereocenters. The fraction of sp³-hybridized carbons (Fsp3) is 0.824. The molecular formula is C17H32IN7. The second kappa shape index (κ2) is 9.16. The van der Waals surface area contributed by atoms with E-state index in [-0.39, 0.29) is 24.0 Å². The van der Waals surface area contributed by atoms with Crippen molar-refractivity contribution in [1.29, 1.82) is 0 Å². The van der Waals surface area contributed by atoms with Crippen LogP contribution in [0.15, 0.2) is 4.99 Å². The van der Waals surface area contributed by atoms with Crippen LogP contribution in [0.25, 0.3) is 0 Å². The van der Waals surface area contributed by atoms with Gasteiger partial charge in [0.25, 0.3) is 0 Å². The average Bonchev–Trinajstić information content (AvgIpc) is 3.15. The van der Waals surface area contributed by atoms with E-state index in [9.17, 15) is 0 Å². The smallest absolute Gasteiger partial charge is 0.191 e. The molecule has 0 aliphatic carbocycles. The van der Waals surface area contributed by atoms with Crippen LogP contribution < -0.4 is 10.6 Å². The van der Waals surface area contributed by atoms with Crippen molar-refractivity contribution in [2.45, 2.75) is 65.2 Å². The third-order valence-electron chi connectivity index (χ3n) is 5.27. The van der Waals surface area contributed by atoms with Gasteiger partial charge in [0.05, 0.1) is 6.54 Å². The van der Waals surface area contributed by atoms with Crippen LogP contribution in [-0.4, -0.2) is 57.8 Å². The number of nitrogens with zero attached hydrogens (tertiary/aromatic N) is 5. The first kappa shape index (κ1) is 20.4. The number of hydrogen-bond donors (Lipinski definition) is 2. The molecule has 3 rings (SSSR count). The summed E-state index contributed by atoms with van der Waals surface area (Å²) < 4.78 is 2.25. The highest BCUT2D eigenvalue weighted by molar-refractivity contribution is 14.0. The molecule has 0 amide bonds. The number of guanidine groups is 1. The summed E-state index contributed by atoms with van der Waals surface area (Å²) in [5, 5.41) is 15.6. The van der Waals surface area contributed by atoms with E-state index in [0.29, 0.717) is 24.5 Å². The molecule has 0 radical (unpaired) electrons. The third kappa shape index (κ3) is 4.84. The first-order valence-corrected chi connectivity index (χ1v) is 9.20. The minimum Gasteiger partial charge on any atom is -0.352 e. The Morgan fingerprint density at radius 1 is 1.28 bits per heavy atom. The predicted octanol–water partition coefficient (Wildman–Crippen LogP) is 1.63. The molecule has 1 fully saturated rings. The van der Waals surface area contributed by atoms with Gasteiger partial charge in [-0.3, -0.25) is 9.89 Å². The summed E-state index contributed by atoms with van der Waals surface area (Å²) in [5.74, 6) is 3.60. The summed E-state index contributed by atoms with van der Waals surface area (Å²) in [6.45, 7) is 10.7. The van der Waals surface area contributed by atoms with Gasteiger partial charge in [0.15, 0.2) is 11.8 Å². The molecule has 0 saturated carbocycles. The molecule has 1 saturated heterocycles. The lowest BCUT2D eigenvalue weighted by molar-refractivity contribution is 0.265. The van der Waals surface area contributed by atoms with E-state index in [1.807, 2.05) is 7.05 Å². The summed E-state index contributed by atoms with van der Waals surface area (Å²) in [7, 11) is 1.83. The monoisotopic (exact) mass is 461 g/mol. The van der Waals surface area contributed by atoms with Crippen molar-refractivity contribution in [1.82, 2.24) is 30.3 Å². The van der Waals surface area contributed by atoms with Crippen LogP contribution in [-0.2, 0) is 19.5 Å². The highest BCUT2D eigenvalue weighted by atomic mass is 127. The van der Waals surface area contributed by atoms with Crippen molar-refractivity contribution in [3.05, 3.63) is 11.6 Å². The van der Waals surface area contributed by atoms with Gasteiger partial charge in [-0.15, -0.1) is 34.2 Å². The first-order valence-electron chi connectivity index (χ1n) is 9.20. The number of halogens is 1. The quantitative estimate of drug-likeness (QED) is 0.405. The topological polar surface area (TPSA) is 70.4 Å². The minimum absolute atomic E-state index is 0. The lowest BCUT2D eigenvalue weighted by atomic mass is 10.1. The van der Waals surface area contributed by atoms with Crippen LogP contribution in [0.1, 0.15) is 45.3 Å². The van der Waals surface area contributed by atoms with Gasteiger partial charge >= 0.3 is 0 Å². The van der Waals surface area contributed by atoms with Gasteiger partial charge in [0.2, 0.25) is 0 Å². The number of aryl methyl sites for hydroxylation is 1. The number of aromatic nitrogens is 3. The molecule has 3 heterocycles. The lowest BCUT2D eigenvalue weighted by Crippen LogP contribution is -2.46. The van der Waals surface area contributed by atoms with Crippen molar-refractivity contribution in [2.24, 2.45) is 10.9 Å². The van der Waals surface area contributed by atoms with Crippen molar-refractivity contribution in [3.8, 4) is 0 Å². The van der Waals surface area contributed by atoms with E-state index in [2.05, 4.69) is 56.1 Å². The Hall–Kier alpha value is -0.900. The second-order valence-electron chi connectivity index (χ2n) is 7.34. The fourth-order valence-corrected chi connectivity index (χ4v) is 3.65. The molecular weight excluding hydrogens is 429 g/mol. The molecule has 1 aromatic rings. The molecule has 2 N–H and O–H groups in total. The van der Waals surface area contributed by atoms with E-state index in [1.165, 1.54) is 12.8 Å². The number of hydrogen-bond acceptors (Lipinski definition) is 4. The normalized spacial score (nSPS) is 24.1. The molecule has 1 aromatic heterocycles. The maximum absolute atomic E-state index is 4.39. The van der Waals surface area contributed by atoms with Gasteiger partial charge in [0, 0.05) is 45.2 Å². The number of nitrogens with one attached hydrogen (secondary N) is 2. The highest BCUT2D eigenvalue weighted by Gasteiger charge is 2.31. The van der Waals surface area contributed by atoms with E-state index in [0.717, 1.165) is 43.7 Å². The summed E-state index contributed by atoms with van der Waals surface area (Å²) in [5.41, 5.74) is 0.